The Morgan fingerprint density at radius 1 is 1.18 bits per heavy atom. The number of thioether (sulfide) groups is 1. The van der Waals surface area contributed by atoms with Crippen molar-refractivity contribution in [3.63, 3.8) is 0 Å². The minimum atomic E-state index is -2.88. The number of benzene rings is 2. The maximum Gasteiger partial charge on any atom is 0.387 e. The van der Waals surface area contributed by atoms with Crippen LogP contribution in [0.25, 0.3) is 16.9 Å². The van der Waals surface area contributed by atoms with Crippen LogP contribution in [-0.4, -0.2) is 56.4 Å². The molecule has 202 valence electrons. The highest BCUT2D eigenvalue weighted by Gasteiger charge is 2.15. The zero-order chi connectivity index (χ0) is 27.4. The topological polar surface area (TPSA) is 120 Å². The van der Waals surface area contributed by atoms with Crippen molar-refractivity contribution >= 4 is 40.0 Å². The van der Waals surface area contributed by atoms with E-state index in [2.05, 4.69) is 41.5 Å². The van der Waals surface area contributed by atoms with Crippen molar-refractivity contribution in [2.75, 3.05) is 24.7 Å². The maximum atomic E-state index is 12.7. The number of fused-ring (bicyclic) bond motifs is 1. The Hall–Kier alpha value is -4.43. The standard InChI is InChI=1S/C25H25F2N9O2S/c1-15-13-17(5-8-19(15)23(37)29-10-12-39-25-32-33-34-35(25)2)31-21-22-30-14-20(36(22)11-9-28-21)16-3-6-18(7-4-16)38-24(26)27/h3-9,11,13-14,24,33-34H,10,12H2,1-2H3,(H,28,31)(H,29,37). The zero-order valence-electron chi connectivity index (χ0n) is 21.0. The number of carbonyl (C=O) groups is 1. The van der Waals surface area contributed by atoms with Crippen LogP contribution in [0.1, 0.15) is 15.9 Å². The molecule has 0 spiro atoms. The largest absolute Gasteiger partial charge is 0.435 e. The van der Waals surface area contributed by atoms with Gasteiger partial charge in [-0.2, -0.15) is 8.78 Å². The normalized spacial score (nSPS) is 12.9. The molecule has 0 saturated heterocycles. The SMILES string of the molecule is Cc1cc(Nc2nccn3c(-c4ccc(OC(F)F)cc4)cnc23)ccc1C(=O)NCCSC1=NNNN1C. The summed E-state index contributed by atoms with van der Waals surface area (Å²) in [5, 5.41) is 12.8. The number of hydrogen-bond donors (Lipinski definition) is 4. The van der Waals surface area contributed by atoms with Gasteiger partial charge >= 0.3 is 6.61 Å². The average Bonchev–Trinajstić information content (AvgIpc) is 3.53. The lowest BCUT2D eigenvalue weighted by Crippen LogP contribution is -2.36. The summed E-state index contributed by atoms with van der Waals surface area (Å²) in [5.74, 6) is 1.13. The number of hydrogen-bond acceptors (Lipinski definition) is 10. The van der Waals surface area contributed by atoms with Crippen LogP contribution in [0.2, 0.25) is 0 Å². The number of imidazole rings is 1. The molecule has 0 atom stereocenters. The number of nitrogens with one attached hydrogen (secondary N) is 4. The van der Waals surface area contributed by atoms with E-state index in [4.69, 9.17) is 0 Å². The lowest BCUT2D eigenvalue weighted by molar-refractivity contribution is -0.0498. The molecule has 0 unspecified atom stereocenters. The fourth-order valence-electron chi connectivity index (χ4n) is 3.96. The van der Waals surface area contributed by atoms with Gasteiger partial charge in [0, 0.05) is 48.6 Å². The molecular weight excluding hydrogens is 528 g/mol. The zero-order valence-corrected chi connectivity index (χ0v) is 21.8. The second-order valence-electron chi connectivity index (χ2n) is 8.45. The first-order valence-corrected chi connectivity index (χ1v) is 12.9. The van der Waals surface area contributed by atoms with Crippen LogP contribution in [0.3, 0.4) is 0 Å². The molecule has 4 N–H and O–H groups in total. The van der Waals surface area contributed by atoms with Crippen LogP contribution in [0.4, 0.5) is 20.3 Å². The van der Waals surface area contributed by atoms with Crippen LogP contribution >= 0.6 is 11.8 Å². The highest BCUT2D eigenvalue weighted by Crippen LogP contribution is 2.27. The van der Waals surface area contributed by atoms with Gasteiger partial charge < -0.3 is 15.4 Å². The lowest BCUT2D eigenvalue weighted by Gasteiger charge is -2.13. The van der Waals surface area contributed by atoms with Crippen molar-refractivity contribution in [1.82, 2.24) is 35.8 Å². The van der Waals surface area contributed by atoms with E-state index in [0.29, 0.717) is 29.3 Å². The van der Waals surface area contributed by atoms with Crippen molar-refractivity contribution in [2.24, 2.45) is 5.10 Å². The summed E-state index contributed by atoms with van der Waals surface area (Å²) in [6.07, 6.45) is 5.10. The van der Waals surface area contributed by atoms with Crippen LogP contribution in [0.5, 0.6) is 5.75 Å². The second-order valence-corrected chi connectivity index (χ2v) is 9.51. The highest BCUT2D eigenvalue weighted by molar-refractivity contribution is 8.13. The molecule has 1 aliphatic heterocycles. The number of rotatable bonds is 9. The molecular formula is C25H25F2N9O2S. The monoisotopic (exact) mass is 553 g/mol. The van der Waals surface area contributed by atoms with Crippen molar-refractivity contribution in [3.8, 4) is 17.0 Å². The third kappa shape index (κ3) is 6.02. The van der Waals surface area contributed by atoms with Crippen LogP contribution in [0.15, 0.2) is 66.2 Å². The second kappa shape index (κ2) is 11.5. The van der Waals surface area contributed by atoms with E-state index in [-0.39, 0.29) is 11.7 Å². The number of carbonyl (C=O) groups excluding carboxylic acids is 1. The Labute approximate surface area is 226 Å². The predicted molar refractivity (Wildman–Crippen MR) is 146 cm³/mol. The van der Waals surface area contributed by atoms with Gasteiger partial charge in [0.05, 0.1) is 11.9 Å². The van der Waals surface area contributed by atoms with Crippen molar-refractivity contribution in [1.29, 1.82) is 0 Å². The van der Waals surface area contributed by atoms with Gasteiger partial charge in [0.2, 0.25) is 0 Å². The predicted octanol–water partition coefficient (Wildman–Crippen LogP) is 3.74. The van der Waals surface area contributed by atoms with Crippen molar-refractivity contribution < 1.29 is 18.3 Å². The fraction of sp³-hybridized carbons (Fsp3) is 0.200. The van der Waals surface area contributed by atoms with Crippen molar-refractivity contribution in [3.05, 3.63) is 72.2 Å². The summed E-state index contributed by atoms with van der Waals surface area (Å²) >= 11 is 1.52. The summed E-state index contributed by atoms with van der Waals surface area (Å²) in [7, 11) is 1.85. The van der Waals surface area contributed by atoms with Gasteiger partial charge in [-0.1, -0.05) is 11.8 Å². The number of amides is 1. The van der Waals surface area contributed by atoms with E-state index in [9.17, 15) is 13.6 Å². The molecule has 1 amide bonds. The first-order valence-electron chi connectivity index (χ1n) is 11.9. The minimum Gasteiger partial charge on any atom is -0.435 e. The number of hydrazone groups is 1. The molecule has 0 fully saturated rings. The number of anilines is 2. The van der Waals surface area contributed by atoms with Crippen molar-refractivity contribution in [2.45, 2.75) is 13.5 Å². The number of alkyl halides is 2. The molecule has 0 saturated carbocycles. The van der Waals surface area contributed by atoms with Gasteiger partial charge in [-0.25, -0.2) is 15.5 Å². The molecule has 2 aromatic heterocycles. The molecule has 11 nitrogen and oxygen atoms in total. The first kappa shape index (κ1) is 26.2. The fourth-order valence-corrected chi connectivity index (χ4v) is 4.70. The lowest BCUT2D eigenvalue weighted by atomic mass is 10.1. The molecule has 5 rings (SSSR count). The van der Waals surface area contributed by atoms with Gasteiger partial charge in [-0.05, 0) is 55.0 Å². The van der Waals surface area contributed by atoms with Gasteiger partial charge in [-0.15, -0.1) is 10.6 Å². The Bertz CT molecular complexity index is 1510. The molecule has 0 aliphatic carbocycles. The molecule has 0 radical (unpaired) electrons. The van der Waals surface area contributed by atoms with E-state index in [1.807, 2.05) is 30.5 Å². The quantitative estimate of drug-likeness (QED) is 0.230. The Morgan fingerprint density at radius 2 is 2.00 bits per heavy atom. The summed E-state index contributed by atoms with van der Waals surface area (Å²) in [4.78, 5) is 21.6. The molecule has 39 heavy (non-hydrogen) atoms. The molecule has 0 bridgehead atoms. The number of halogens is 2. The highest BCUT2D eigenvalue weighted by atomic mass is 32.2. The number of ether oxygens (including phenoxy) is 1. The van der Waals surface area contributed by atoms with Crippen LogP contribution in [-0.2, 0) is 0 Å². The number of hydrazine groups is 2. The first-order chi connectivity index (χ1) is 18.9. The average molecular weight is 554 g/mol. The van der Waals surface area contributed by atoms with E-state index in [1.165, 1.54) is 23.9 Å². The third-order valence-corrected chi connectivity index (χ3v) is 6.84. The smallest absolute Gasteiger partial charge is 0.387 e. The minimum absolute atomic E-state index is 0.0833. The summed E-state index contributed by atoms with van der Waals surface area (Å²) < 4.78 is 31.2. The number of amidine groups is 1. The molecule has 2 aromatic carbocycles. The molecule has 4 aromatic rings. The van der Waals surface area contributed by atoms with E-state index in [0.717, 1.165) is 27.7 Å². The number of aryl methyl sites for hydroxylation is 1. The number of nitrogens with zero attached hydrogens (tertiary/aromatic N) is 5. The van der Waals surface area contributed by atoms with Gasteiger partial charge in [-0.3, -0.25) is 14.2 Å². The summed E-state index contributed by atoms with van der Waals surface area (Å²) in [5.41, 5.74) is 9.76. The molecule has 14 heteroatoms. The third-order valence-electron chi connectivity index (χ3n) is 5.81. The van der Waals surface area contributed by atoms with Crippen LogP contribution in [0, 0.1) is 6.92 Å². The summed E-state index contributed by atoms with van der Waals surface area (Å²) in [6, 6.07) is 11.8. The van der Waals surface area contributed by atoms with E-state index in [1.54, 1.807) is 41.8 Å². The Balaban J connectivity index is 1.25. The van der Waals surface area contributed by atoms with Gasteiger partial charge in [0.15, 0.2) is 16.6 Å². The van der Waals surface area contributed by atoms with E-state index < -0.39 is 6.61 Å². The molecule has 1 aliphatic rings. The number of aromatic nitrogens is 3. The summed E-state index contributed by atoms with van der Waals surface area (Å²) in [6.45, 7) is -0.512. The van der Waals surface area contributed by atoms with Crippen LogP contribution < -0.4 is 26.4 Å². The maximum absolute atomic E-state index is 12.7. The molecule has 3 heterocycles. The Morgan fingerprint density at radius 3 is 2.72 bits per heavy atom. The van der Waals surface area contributed by atoms with Gasteiger partial charge in [0.25, 0.3) is 5.91 Å². The van der Waals surface area contributed by atoms with E-state index >= 15 is 0 Å². The van der Waals surface area contributed by atoms with Gasteiger partial charge in [0.1, 0.15) is 5.75 Å². The Kier molecular flexibility index (Phi) is 7.74.